The zero-order chi connectivity index (χ0) is 21.7. The fraction of sp³-hybridized carbons (Fsp3) is 0.364. The Morgan fingerprint density at radius 3 is 2.67 bits per heavy atom. The molecule has 2 N–H and O–H groups in total. The SMILES string of the molecule is C[C@@H]1Sc2ccc(S(=O)(=O)C[C@H](C)C(=O)NCCCc3ccccc3)cc2NC1=O. The van der Waals surface area contributed by atoms with E-state index in [1.807, 2.05) is 30.3 Å². The number of rotatable bonds is 8. The number of sulfone groups is 1. The first-order chi connectivity index (χ1) is 14.3. The Morgan fingerprint density at radius 1 is 1.20 bits per heavy atom. The smallest absolute Gasteiger partial charge is 0.237 e. The van der Waals surface area contributed by atoms with Crippen molar-refractivity contribution in [3.8, 4) is 0 Å². The lowest BCUT2D eigenvalue weighted by Crippen LogP contribution is -2.34. The number of carbonyl (C=O) groups excluding carboxylic acids is 2. The van der Waals surface area contributed by atoms with Gasteiger partial charge >= 0.3 is 0 Å². The molecule has 6 nitrogen and oxygen atoms in total. The summed E-state index contributed by atoms with van der Waals surface area (Å²) in [6.45, 7) is 3.91. The van der Waals surface area contributed by atoms with Gasteiger partial charge in [0.25, 0.3) is 0 Å². The molecule has 0 aromatic heterocycles. The van der Waals surface area contributed by atoms with Crippen LogP contribution in [-0.4, -0.2) is 37.8 Å². The fourth-order valence-electron chi connectivity index (χ4n) is 3.21. The van der Waals surface area contributed by atoms with Gasteiger partial charge in [0.1, 0.15) is 0 Å². The van der Waals surface area contributed by atoms with Crippen LogP contribution in [0, 0.1) is 5.92 Å². The van der Waals surface area contributed by atoms with Crippen molar-refractivity contribution in [2.45, 2.75) is 41.7 Å². The van der Waals surface area contributed by atoms with Gasteiger partial charge in [-0.3, -0.25) is 9.59 Å². The van der Waals surface area contributed by atoms with Gasteiger partial charge in [-0.1, -0.05) is 37.3 Å². The van der Waals surface area contributed by atoms with Crippen LogP contribution in [0.2, 0.25) is 0 Å². The van der Waals surface area contributed by atoms with Crippen LogP contribution in [0.5, 0.6) is 0 Å². The van der Waals surface area contributed by atoms with Crippen molar-refractivity contribution in [2.75, 3.05) is 17.6 Å². The topological polar surface area (TPSA) is 92.3 Å². The minimum absolute atomic E-state index is 0.112. The summed E-state index contributed by atoms with van der Waals surface area (Å²) < 4.78 is 25.6. The number of amides is 2. The molecule has 2 aromatic rings. The normalized spacial score (nSPS) is 17.0. The minimum atomic E-state index is -3.66. The predicted molar refractivity (Wildman–Crippen MR) is 119 cm³/mol. The molecule has 0 aliphatic carbocycles. The van der Waals surface area contributed by atoms with E-state index in [1.54, 1.807) is 19.9 Å². The van der Waals surface area contributed by atoms with Gasteiger partial charge in [0, 0.05) is 17.4 Å². The molecule has 1 aliphatic rings. The zero-order valence-corrected chi connectivity index (χ0v) is 18.7. The van der Waals surface area contributed by atoms with Crippen molar-refractivity contribution in [3.63, 3.8) is 0 Å². The highest BCUT2D eigenvalue weighted by molar-refractivity contribution is 8.01. The van der Waals surface area contributed by atoms with Crippen molar-refractivity contribution in [3.05, 3.63) is 54.1 Å². The summed E-state index contributed by atoms with van der Waals surface area (Å²) in [5, 5.41) is 5.35. The number of carbonyl (C=O) groups is 2. The van der Waals surface area contributed by atoms with E-state index in [-0.39, 0.29) is 27.7 Å². The van der Waals surface area contributed by atoms with E-state index >= 15 is 0 Å². The van der Waals surface area contributed by atoms with Crippen LogP contribution < -0.4 is 10.6 Å². The number of hydrogen-bond donors (Lipinski definition) is 2. The Labute approximate surface area is 181 Å². The minimum Gasteiger partial charge on any atom is -0.356 e. The lowest BCUT2D eigenvalue weighted by atomic mass is 10.1. The van der Waals surface area contributed by atoms with E-state index in [9.17, 15) is 18.0 Å². The molecule has 0 bridgehead atoms. The van der Waals surface area contributed by atoms with Crippen LogP contribution in [0.1, 0.15) is 25.8 Å². The number of nitrogens with one attached hydrogen (secondary N) is 2. The maximum atomic E-state index is 12.8. The average molecular weight is 447 g/mol. The van der Waals surface area contributed by atoms with Gasteiger partial charge < -0.3 is 10.6 Å². The first kappa shape index (κ1) is 22.4. The molecular weight excluding hydrogens is 420 g/mol. The summed E-state index contributed by atoms with van der Waals surface area (Å²) in [6.07, 6.45) is 1.64. The summed E-state index contributed by atoms with van der Waals surface area (Å²) in [5.41, 5.74) is 1.71. The molecule has 0 fully saturated rings. The van der Waals surface area contributed by atoms with E-state index < -0.39 is 15.8 Å². The summed E-state index contributed by atoms with van der Waals surface area (Å²) in [7, 11) is -3.66. The molecule has 1 heterocycles. The van der Waals surface area contributed by atoms with Crippen LogP contribution >= 0.6 is 11.8 Å². The lowest BCUT2D eigenvalue weighted by molar-refractivity contribution is -0.123. The third-order valence-corrected chi connectivity index (χ3v) is 8.03. The van der Waals surface area contributed by atoms with Crippen molar-refractivity contribution in [2.24, 2.45) is 5.92 Å². The second-order valence-corrected chi connectivity index (χ2v) is 10.9. The van der Waals surface area contributed by atoms with Gasteiger partial charge in [-0.2, -0.15) is 0 Å². The predicted octanol–water partition coefficient (Wildman–Crippen LogP) is 3.28. The number of hydrogen-bond acceptors (Lipinski definition) is 5. The largest absolute Gasteiger partial charge is 0.356 e. The van der Waals surface area contributed by atoms with E-state index in [4.69, 9.17) is 0 Å². The van der Waals surface area contributed by atoms with Crippen LogP contribution in [0.4, 0.5) is 5.69 Å². The Hall–Kier alpha value is -2.32. The van der Waals surface area contributed by atoms with E-state index in [1.165, 1.54) is 29.5 Å². The quantitative estimate of drug-likeness (QED) is 0.607. The Bertz CT molecular complexity index is 1020. The highest BCUT2D eigenvalue weighted by atomic mass is 32.2. The second kappa shape index (κ2) is 9.66. The van der Waals surface area contributed by atoms with Gasteiger partial charge in [-0.25, -0.2) is 8.42 Å². The highest BCUT2D eigenvalue weighted by Crippen LogP contribution is 2.37. The average Bonchev–Trinajstić information content (AvgIpc) is 2.72. The van der Waals surface area contributed by atoms with Crippen molar-refractivity contribution in [1.29, 1.82) is 0 Å². The Balaban J connectivity index is 1.54. The standard InChI is InChI=1S/C22H26N2O4S2/c1-15(21(25)23-12-6-9-17-7-4-3-5-8-17)14-30(27,28)18-10-11-20-19(13-18)24-22(26)16(2)29-20/h3-5,7-8,10-11,13,15-16H,6,9,12,14H2,1-2H3,(H,23,25)(H,24,26)/t15-,16-/m0/s1. The summed E-state index contributed by atoms with van der Waals surface area (Å²) >= 11 is 1.40. The molecule has 8 heteroatoms. The molecule has 3 rings (SSSR count). The molecular formula is C22H26N2O4S2. The van der Waals surface area contributed by atoms with E-state index in [0.29, 0.717) is 12.2 Å². The monoisotopic (exact) mass is 446 g/mol. The first-order valence-corrected chi connectivity index (χ1v) is 12.5. The first-order valence-electron chi connectivity index (χ1n) is 9.92. The molecule has 0 saturated heterocycles. The zero-order valence-electron chi connectivity index (χ0n) is 17.1. The summed E-state index contributed by atoms with van der Waals surface area (Å²) in [6, 6.07) is 14.7. The molecule has 2 atom stereocenters. The third kappa shape index (κ3) is 5.64. The summed E-state index contributed by atoms with van der Waals surface area (Å²) in [4.78, 5) is 25.2. The second-order valence-electron chi connectivity index (χ2n) is 7.47. The maximum absolute atomic E-state index is 12.8. The fourth-order valence-corrected chi connectivity index (χ4v) is 5.71. The molecule has 0 radical (unpaired) electrons. The van der Waals surface area contributed by atoms with Crippen molar-refractivity contribution in [1.82, 2.24) is 5.32 Å². The number of thioether (sulfide) groups is 1. The molecule has 0 spiro atoms. The molecule has 30 heavy (non-hydrogen) atoms. The van der Waals surface area contributed by atoms with Crippen LogP contribution in [0.15, 0.2) is 58.3 Å². The highest BCUT2D eigenvalue weighted by Gasteiger charge is 2.27. The Morgan fingerprint density at radius 2 is 1.93 bits per heavy atom. The summed E-state index contributed by atoms with van der Waals surface area (Å²) in [5.74, 6) is -1.38. The Kier molecular flexibility index (Phi) is 7.20. The number of benzene rings is 2. The molecule has 1 aliphatic heterocycles. The van der Waals surface area contributed by atoms with Crippen molar-refractivity contribution < 1.29 is 18.0 Å². The molecule has 0 unspecified atom stereocenters. The number of fused-ring (bicyclic) bond motifs is 1. The lowest BCUT2D eigenvalue weighted by Gasteiger charge is -2.22. The van der Waals surface area contributed by atoms with Crippen molar-refractivity contribution >= 4 is 39.1 Å². The van der Waals surface area contributed by atoms with Gasteiger partial charge in [0.2, 0.25) is 11.8 Å². The van der Waals surface area contributed by atoms with Gasteiger partial charge in [0.15, 0.2) is 9.84 Å². The van der Waals surface area contributed by atoms with Crippen LogP contribution in [0.25, 0.3) is 0 Å². The van der Waals surface area contributed by atoms with E-state index in [2.05, 4.69) is 10.6 Å². The van der Waals surface area contributed by atoms with Gasteiger partial charge in [-0.05, 0) is 43.5 Å². The maximum Gasteiger partial charge on any atom is 0.237 e. The van der Waals surface area contributed by atoms with Crippen LogP contribution in [0.3, 0.4) is 0 Å². The molecule has 2 aromatic carbocycles. The van der Waals surface area contributed by atoms with Gasteiger partial charge in [0.05, 0.1) is 21.6 Å². The van der Waals surface area contributed by atoms with Gasteiger partial charge in [-0.15, -0.1) is 11.8 Å². The third-order valence-electron chi connectivity index (χ3n) is 4.94. The molecule has 2 amide bonds. The van der Waals surface area contributed by atoms with Crippen LogP contribution in [-0.2, 0) is 25.8 Å². The number of anilines is 1. The molecule has 160 valence electrons. The molecule has 0 saturated carbocycles. The number of aryl methyl sites for hydroxylation is 1. The van der Waals surface area contributed by atoms with E-state index in [0.717, 1.165) is 17.7 Å².